The summed E-state index contributed by atoms with van der Waals surface area (Å²) in [6, 6.07) is 7.94. The number of carbonyl (C=O) groups excluding carboxylic acids is 2. The van der Waals surface area contributed by atoms with Gasteiger partial charge in [0.05, 0.1) is 12.6 Å². The first-order chi connectivity index (χ1) is 16.8. The number of halogens is 1. The highest BCUT2D eigenvalue weighted by Crippen LogP contribution is 2.54. The molecule has 2 amide bonds. The minimum atomic E-state index is -0.665. The van der Waals surface area contributed by atoms with E-state index in [9.17, 15) is 14.0 Å². The minimum absolute atomic E-state index is 0.00969. The number of hydrogen-bond acceptors (Lipinski definition) is 5. The zero-order valence-electron chi connectivity index (χ0n) is 19.4. The first-order valence-corrected chi connectivity index (χ1v) is 11.5. The summed E-state index contributed by atoms with van der Waals surface area (Å²) >= 11 is 0. The fraction of sp³-hybridized carbons (Fsp3) is 0.360. The predicted molar refractivity (Wildman–Crippen MR) is 127 cm³/mol. The van der Waals surface area contributed by atoms with E-state index in [1.807, 2.05) is 0 Å². The summed E-state index contributed by atoms with van der Waals surface area (Å²) in [6.45, 7) is 3.45. The quantitative estimate of drug-likeness (QED) is 0.547. The Morgan fingerprint density at radius 1 is 1.20 bits per heavy atom. The second-order valence-electron chi connectivity index (χ2n) is 9.36. The van der Waals surface area contributed by atoms with Crippen molar-refractivity contribution >= 4 is 17.6 Å². The van der Waals surface area contributed by atoms with Gasteiger partial charge in [-0.05, 0) is 61.3 Å². The van der Waals surface area contributed by atoms with Crippen molar-refractivity contribution in [3.63, 3.8) is 0 Å². The van der Waals surface area contributed by atoms with E-state index in [4.69, 9.17) is 11.5 Å². The van der Waals surface area contributed by atoms with E-state index in [0.717, 1.165) is 24.8 Å². The molecular weight excluding hydrogens is 449 g/mol. The van der Waals surface area contributed by atoms with E-state index < -0.39 is 5.91 Å². The number of primary amides is 1. The number of likely N-dealkylation sites (tertiary alicyclic amines) is 1. The molecule has 0 unspecified atom stereocenters. The van der Waals surface area contributed by atoms with Crippen LogP contribution in [0.25, 0.3) is 11.4 Å². The van der Waals surface area contributed by atoms with Gasteiger partial charge in [-0.3, -0.25) is 14.3 Å². The van der Waals surface area contributed by atoms with Gasteiger partial charge in [0.25, 0.3) is 11.8 Å². The molecule has 35 heavy (non-hydrogen) atoms. The molecule has 1 saturated carbocycles. The van der Waals surface area contributed by atoms with Gasteiger partial charge in [-0.1, -0.05) is 18.1 Å². The molecule has 1 saturated heterocycles. The average Bonchev–Trinajstić information content (AvgIpc) is 3.51. The lowest BCUT2D eigenvalue weighted by molar-refractivity contribution is -0.125. The molecule has 9 nitrogen and oxygen atoms in total. The van der Waals surface area contributed by atoms with Gasteiger partial charge in [-0.25, -0.2) is 9.07 Å². The van der Waals surface area contributed by atoms with Gasteiger partial charge in [0, 0.05) is 19.3 Å². The molecule has 0 bridgehead atoms. The Morgan fingerprint density at radius 2 is 1.94 bits per heavy atom. The van der Waals surface area contributed by atoms with Crippen molar-refractivity contribution in [2.75, 3.05) is 18.8 Å². The molecule has 2 aromatic heterocycles. The molecule has 1 aromatic carbocycles. The minimum Gasteiger partial charge on any atom is -0.383 e. The molecule has 3 aromatic rings. The smallest absolute Gasteiger partial charge is 0.298 e. The number of rotatable bonds is 5. The normalized spacial score (nSPS) is 21.0. The molecule has 2 fully saturated rings. The standard InChI is InChI=1S/C25H26FN7O2/c1-2-3-20(34)31-11-9-25(15-31)12-18(13-25)33-23(27)21(24(28)35)22(30-33)19-8-10-32(29-19)14-16-4-6-17(26)7-5-16/h4-8,10,18H,9,11-15,27H2,1H3,(H2,28,35). The van der Waals surface area contributed by atoms with Gasteiger partial charge in [0.1, 0.15) is 28.6 Å². The number of amides is 2. The second-order valence-corrected chi connectivity index (χ2v) is 9.36. The molecule has 0 atom stereocenters. The number of nitrogens with zero attached hydrogens (tertiary/aromatic N) is 5. The van der Waals surface area contributed by atoms with Gasteiger partial charge >= 0.3 is 0 Å². The van der Waals surface area contributed by atoms with E-state index in [0.29, 0.717) is 31.0 Å². The predicted octanol–water partition coefficient (Wildman–Crippen LogP) is 2.19. The van der Waals surface area contributed by atoms with Crippen molar-refractivity contribution in [2.24, 2.45) is 11.1 Å². The first-order valence-electron chi connectivity index (χ1n) is 11.5. The van der Waals surface area contributed by atoms with Crippen molar-refractivity contribution in [3.8, 4) is 23.2 Å². The Balaban J connectivity index is 1.35. The zero-order valence-corrected chi connectivity index (χ0v) is 19.4. The summed E-state index contributed by atoms with van der Waals surface area (Å²) in [7, 11) is 0. The van der Waals surface area contributed by atoms with Crippen molar-refractivity contribution < 1.29 is 14.0 Å². The lowest BCUT2D eigenvalue weighted by Crippen LogP contribution is -2.42. The third-order valence-electron chi connectivity index (χ3n) is 6.98. The molecule has 180 valence electrons. The van der Waals surface area contributed by atoms with E-state index in [-0.39, 0.29) is 34.6 Å². The van der Waals surface area contributed by atoms with Crippen molar-refractivity contribution in [3.05, 3.63) is 53.5 Å². The summed E-state index contributed by atoms with van der Waals surface area (Å²) in [5, 5.41) is 9.20. The third kappa shape index (κ3) is 4.14. The summed E-state index contributed by atoms with van der Waals surface area (Å²) in [5.74, 6) is 4.40. The van der Waals surface area contributed by atoms with E-state index in [2.05, 4.69) is 22.0 Å². The Morgan fingerprint density at radius 3 is 2.63 bits per heavy atom. The average molecular weight is 476 g/mol. The zero-order chi connectivity index (χ0) is 24.7. The van der Waals surface area contributed by atoms with Gasteiger partial charge < -0.3 is 16.4 Å². The van der Waals surface area contributed by atoms with Crippen LogP contribution < -0.4 is 11.5 Å². The van der Waals surface area contributed by atoms with E-state index in [1.165, 1.54) is 12.1 Å². The summed E-state index contributed by atoms with van der Waals surface area (Å²) < 4.78 is 16.5. The van der Waals surface area contributed by atoms with E-state index >= 15 is 0 Å². The van der Waals surface area contributed by atoms with Gasteiger partial charge in [0.15, 0.2) is 0 Å². The SMILES string of the molecule is CC#CC(=O)N1CCC2(CC(n3nc(-c4ccn(Cc5ccc(F)cc5)n4)c(C(N)=O)c3N)C2)C1. The lowest BCUT2D eigenvalue weighted by Gasteiger charge is -2.45. The maximum absolute atomic E-state index is 13.2. The Labute approximate surface area is 201 Å². The third-order valence-corrected chi connectivity index (χ3v) is 6.98. The molecule has 1 aliphatic heterocycles. The van der Waals surface area contributed by atoms with E-state index in [1.54, 1.807) is 45.6 Å². The fourth-order valence-electron chi connectivity index (χ4n) is 5.24. The summed E-state index contributed by atoms with van der Waals surface area (Å²) in [6.07, 6.45) is 4.28. The maximum atomic E-state index is 13.2. The molecule has 3 heterocycles. The number of aromatic nitrogens is 4. The number of nitrogen functional groups attached to an aromatic ring is 1. The molecular formula is C25H26FN7O2. The largest absolute Gasteiger partial charge is 0.383 e. The van der Waals surface area contributed by atoms with Crippen LogP contribution in [0, 0.1) is 23.1 Å². The Hall–Kier alpha value is -4.13. The molecule has 10 heteroatoms. The highest BCUT2D eigenvalue weighted by molar-refractivity contribution is 6.03. The van der Waals surface area contributed by atoms with Gasteiger partial charge in [-0.2, -0.15) is 10.2 Å². The monoisotopic (exact) mass is 475 g/mol. The fourth-order valence-corrected chi connectivity index (χ4v) is 5.24. The van der Waals surface area contributed by atoms with Crippen LogP contribution in [0.5, 0.6) is 0 Å². The number of carbonyl (C=O) groups is 2. The van der Waals surface area contributed by atoms with Crippen LogP contribution in [0.2, 0.25) is 0 Å². The number of benzene rings is 1. The molecule has 1 aliphatic carbocycles. The maximum Gasteiger partial charge on any atom is 0.298 e. The molecule has 5 rings (SSSR count). The van der Waals surface area contributed by atoms with Crippen molar-refractivity contribution in [2.45, 2.75) is 38.8 Å². The molecule has 2 aliphatic rings. The van der Waals surface area contributed by atoms with Crippen LogP contribution in [0.3, 0.4) is 0 Å². The summed E-state index contributed by atoms with van der Waals surface area (Å²) in [5.41, 5.74) is 13.9. The Bertz CT molecular complexity index is 1360. The molecule has 1 spiro atoms. The lowest BCUT2D eigenvalue weighted by atomic mass is 9.65. The van der Waals surface area contributed by atoms with Gasteiger partial charge in [-0.15, -0.1) is 0 Å². The molecule has 4 N–H and O–H groups in total. The van der Waals surface area contributed by atoms with Gasteiger partial charge in [0.2, 0.25) is 0 Å². The van der Waals surface area contributed by atoms with Crippen molar-refractivity contribution in [1.82, 2.24) is 24.5 Å². The van der Waals surface area contributed by atoms with Crippen molar-refractivity contribution in [1.29, 1.82) is 0 Å². The van der Waals surface area contributed by atoms with Crippen LogP contribution in [-0.4, -0.2) is 49.4 Å². The molecule has 0 radical (unpaired) electrons. The highest BCUT2D eigenvalue weighted by atomic mass is 19.1. The van der Waals surface area contributed by atoms with Crippen LogP contribution in [0.4, 0.5) is 10.2 Å². The van der Waals surface area contributed by atoms with Crippen LogP contribution in [-0.2, 0) is 11.3 Å². The van der Waals surface area contributed by atoms with Crippen LogP contribution >= 0.6 is 0 Å². The highest BCUT2D eigenvalue weighted by Gasteiger charge is 2.51. The number of anilines is 1. The number of nitrogens with two attached hydrogens (primary N) is 2. The summed E-state index contributed by atoms with van der Waals surface area (Å²) in [4.78, 5) is 26.2. The van der Waals surface area contributed by atoms with Crippen LogP contribution in [0.15, 0.2) is 36.5 Å². The first kappa shape index (κ1) is 22.7. The number of hydrogen-bond donors (Lipinski definition) is 2. The Kier molecular flexibility index (Phi) is 5.55. The second kappa shape index (κ2) is 8.58. The topological polar surface area (TPSA) is 125 Å². The van der Waals surface area contributed by atoms with Crippen LogP contribution in [0.1, 0.15) is 48.1 Å².